The van der Waals surface area contributed by atoms with E-state index in [1.807, 2.05) is 30.3 Å². The summed E-state index contributed by atoms with van der Waals surface area (Å²) in [5, 5.41) is 14.6. The zero-order chi connectivity index (χ0) is 28.4. The molecule has 2 amide bonds. The molecule has 0 aliphatic carbocycles. The van der Waals surface area contributed by atoms with Gasteiger partial charge < -0.3 is 20.5 Å². The highest BCUT2D eigenvalue weighted by Crippen LogP contribution is 2.23. The van der Waals surface area contributed by atoms with Crippen LogP contribution in [0.25, 0.3) is 6.08 Å². The fraction of sp³-hybridized carbons (Fsp3) is 0.148. The molecule has 0 saturated heterocycles. The summed E-state index contributed by atoms with van der Waals surface area (Å²) in [6.45, 7) is 0. The maximum Gasteiger partial charge on any atom is 0.573 e. The van der Waals surface area contributed by atoms with Crippen LogP contribution in [0.5, 0.6) is 5.75 Å². The Labute approximate surface area is 240 Å². The molecule has 0 unspecified atom stereocenters. The van der Waals surface area contributed by atoms with Gasteiger partial charge >= 0.3 is 12.3 Å². The molecule has 0 aliphatic heterocycles. The first-order valence-electron chi connectivity index (χ1n) is 11.3. The maximum atomic E-state index is 13.1. The van der Waals surface area contributed by atoms with Crippen LogP contribution in [0.2, 0.25) is 0 Å². The molecule has 0 aliphatic rings. The molecule has 1 atom stereocenters. The quantitative estimate of drug-likeness (QED) is 0.185. The summed E-state index contributed by atoms with van der Waals surface area (Å²) in [6.07, 6.45) is -3.64. The molecule has 3 N–H and O–H groups in total. The first kappa shape index (κ1) is 30.0. The first-order valence-corrected chi connectivity index (χ1v) is 13.5. The molecule has 0 bridgehead atoms. The molecule has 204 valence electrons. The van der Waals surface area contributed by atoms with Gasteiger partial charge in [-0.1, -0.05) is 42.5 Å². The molecule has 7 nitrogen and oxygen atoms in total. The highest BCUT2D eigenvalue weighted by Gasteiger charge is 2.31. The van der Waals surface area contributed by atoms with Crippen LogP contribution in [-0.4, -0.2) is 41.0 Å². The van der Waals surface area contributed by atoms with Crippen LogP contribution in [0.4, 0.5) is 13.2 Å². The lowest BCUT2D eigenvalue weighted by atomic mass is 10.1. The van der Waals surface area contributed by atoms with Crippen LogP contribution in [0.3, 0.4) is 0 Å². The van der Waals surface area contributed by atoms with Gasteiger partial charge in [-0.05, 0) is 76.2 Å². The summed E-state index contributed by atoms with van der Waals surface area (Å²) in [6, 6.07) is 19.2. The number of hydrogen-bond donors (Lipinski definition) is 3. The van der Waals surface area contributed by atoms with E-state index in [0.29, 0.717) is 5.75 Å². The highest BCUT2D eigenvalue weighted by atomic mass is 127. The van der Waals surface area contributed by atoms with Crippen LogP contribution in [0.15, 0.2) is 84.6 Å². The summed E-state index contributed by atoms with van der Waals surface area (Å²) in [5.74, 6) is -2.65. The van der Waals surface area contributed by atoms with E-state index in [1.54, 1.807) is 24.3 Å². The largest absolute Gasteiger partial charge is 0.573 e. The van der Waals surface area contributed by atoms with Gasteiger partial charge in [0.25, 0.3) is 11.8 Å². The van der Waals surface area contributed by atoms with Gasteiger partial charge in [0.2, 0.25) is 0 Å². The molecule has 0 radical (unpaired) electrons. The molecule has 12 heteroatoms. The Balaban J connectivity index is 1.79. The molecule has 3 aromatic carbocycles. The Morgan fingerprint density at radius 2 is 1.62 bits per heavy atom. The molecule has 0 spiro atoms. The van der Waals surface area contributed by atoms with Crippen LogP contribution >= 0.6 is 34.4 Å². The number of amides is 2. The summed E-state index contributed by atoms with van der Waals surface area (Å²) in [4.78, 5) is 37.8. The number of ether oxygens (including phenoxy) is 1. The number of thioether (sulfide) groups is 1. The lowest BCUT2D eigenvalue weighted by Gasteiger charge is -2.17. The van der Waals surface area contributed by atoms with Crippen molar-refractivity contribution in [3.05, 3.63) is 105 Å². The van der Waals surface area contributed by atoms with Gasteiger partial charge in [0.15, 0.2) is 0 Å². The molecule has 3 rings (SSSR count). The van der Waals surface area contributed by atoms with E-state index < -0.39 is 35.9 Å². The van der Waals surface area contributed by atoms with Crippen molar-refractivity contribution in [1.82, 2.24) is 10.6 Å². The average Bonchev–Trinajstić information content (AvgIpc) is 2.88. The molecular weight excluding hydrogens is 648 g/mol. The van der Waals surface area contributed by atoms with Crippen molar-refractivity contribution >= 4 is 58.2 Å². The number of hydrogen-bond acceptors (Lipinski definition) is 5. The third kappa shape index (κ3) is 10.3. The Morgan fingerprint density at radius 3 is 2.21 bits per heavy atom. The van der Waals surface area contributed by atoms with Crippen molar-refractivity contribution in [3.8, 4) is 5.75 Å². The highest BCUT2D eigenvalue weighted by molar-refractivity contribution is 14.1. The number of carboxylic acids is 1. The molecule has 0 fully saturated rings. The van der Waals surface area contributed by atoms with Gasteiger partial charge in [0.05, 0.1) is 0 Å². The number of carbonyl (C=O) groups excluding carboxylic acids is 2. The minimum atomic E-state index is -4.87. The predicted molar refractivity (Wildman–Crippen MR) is 150 cm³/mol. The second-order valence-electron chi connectivity index (χ2n) is 8.00. The molecule has 0 aromatic heterocycles. The van der Waals surface area contributed by atoms with Crippen molar-refractivity contribution in [1.29, 1.82) is 0 Å². The average molecular weight is 670 g/mol. The molecule has 0 saturated carbocycles. The van der Waals surface area contributed by atoms with Gasteiger partial charge in [-0.3, -0.25) is 9.59 Å². The number of aliphatic carboxylic acids is 1. The van der Waals surface area contributed by atoms with Gasteiger partial charge in [-0.25, -0.2) is 4.79 Å². The SMILES string of the molecule is O=C(N[C@@H](CSCc1ccccc1)C(=O)O)/C(=C\c1ccc(OC(F)(F)F)cc1)NC(=O)c1ccc(I)cc1. The standard InChI is InChI=1S/C27H22F3IN2O5S/c28-27(29,30)38-21-12-6-17(7-13-21)14-22(32-24(34)19-8-10-20(31)11-9-19)25(35)33-23(26(36)37)16-39-15-18-4-2-1-3-5-18/h1-14,23H,15-16H2,(H,32,34)(H,33,35)(H,36,37)/b22-14+/t23-/m0/s1. The van der Waals surface area contributed by atoms with Crippen molar-refractivity contribution < 1.29 is 37.4 Å². The smallest absolute Gasteiger partial charge is 0.480 e. The van der Waals surface area contributed by atoms with Crippen LogP contribution < -0.4 is 15.4 Å². The minimum Gasteiger partial charge on any atom is -0.480 e. The van der Waals surface area contributed by atoms with Crippen molar-refractivity contribution in [2.75, 3.05) is 5.75 Å². The predicted octanol–water partition coefficient (Wildman–Crippen LogP) is 5.46. The Kier molecular flexibility index (Phi) is 10.8. The normalized spacial score (nSPS) is 12.4. The zero-order valence-corrected chi connectivity index (χ0v) is 23.0. The topological polar surface area (TPSA) is 105 Å². The molecule has 3 aromatic rings. The van der Waals surface area contributed by atoms with Gasteiger partial charge in [-0.15, -0.1) is 13.2 Å². The number of alkyl halides is 3. The van der Waals surface area contributed by atoms with Gasteiger partial charge in [0.1, 0.15) is 17.5 Å². The van der Waals surface area contributed by atoms with Crippen LogP contribution in [-0.2, 0) is 15.3 Å². The van der Waals surface area contributed by atoms with E-state index in [4.69, 9.17) is 0 Å². The number of nitrogens with one attached hydrogen (secondary N) is 2. The fourth-order valence-electron chi connectivity index (χ4n) is 3.17. The molecule has 0 heterocycles. The Bertz CT molecular complexity index is 1320. The lowest BCUT2D eigenvalue weighted by Crippen LogP contribution is -2.45. The number of halogens is 4. The van der Waals surface area contributed by atoms with E-state index in [1.165, 1.54) is 30.0 Å². The third-order valence-electron chi connectivity index (χ3n) is 5.02. The number of rotatable bonds is 11. The van der Waals surface area contributed by atoms with Gasteiger partial charge in [-0.2, -0.15) is 11.8 Å². The van der Waals surface area contributed by atoms with Crippen molar-refractivity contribution in [2.45, 2.75) is 18.2 Å². The number of carbonyl (C=O) groups is 3. The lowest BCUT2D eigenvalue weighted by molar-refractivity contribution is -0.274. The third-order valence-corrected chi connectivity index (χ3v) is 6.85. The summed E-state index contributed by atoms with van der Waals surface area (Å²) in [7, 11) is 0. The van der Waals surface area contributed by atoms with Crippen molar-refractivity contribution in [3.63, 3.8) is 0 Å². The second kappa shape index (κ2) is 14.0. The Hall–Kier alpha value is -3.52. The minimum absolute atomic E-state index is 0.0534. The van der Waals surface area contributed by atoms with E-state index in [9.17, 15) is 32.7 Å². The maximum absolute atomic E-state index is 13.1. The van der Waals surface area contributed by atoms with Gasteiger partial charge in [0, 0.05) is 20.6 Å². The van der Waals surface area contributed by atoms with E-state index in [0.717, 1.165) is 21.3 Å². The zero-order valence-electron chi connectivity index (χ0n) is 20.1. The summed E-state index contributed by atoms with van der Waals surface area (Å²) in [5.41, 5.74) is 1.21. The van der Waals surface area contributed by atoms with Crippen molar-refractivity contribution in [2.24, 2.45) is 0 Å². The van der Waals surface area contributed by atoms with Crippen LogP contribution in [0, 0.1) is 3.57 Å². The number of carboxylic acid groups (broad SMARTS) is 1. The summed E-state index contributed by atoms with van der Waals surface area (Å²) < 4.78 is 42.2. The van der Waals surface area contributed by atoms with Crippen LogP contribution in [0.1, 0.15) is 21.5 Å². The Morgan fingerprint density at radius 1 is 0.974 bits per heavy atom. The summed E-state index contributed by atoms with van der Waals surface area (Å²) >= 11 is 3.38. The van der Waals surface area contributed by atoms with E-state index in [2.05, 4.69) is 38.0 Å². The van der Waals surface area contributed by atoms with E-state index in [-0.39, 0.29) is 22.6 Å². The second-order valence-corrected chi connectivity index (χ2v) is 10.3. The fourth-order valence-corrected chi connectivity index (χ4v) is 4.53. The molecule has 39 heavy (non-hydrogen) atoms. The molecular formula is C27H22F3IN2O5S. The first-order chi connectivity index (χ1) is 18.5. The van der Waals surface area contributed by atoms with E-state index >= 15 is 0 Å². The monoisotopic (exact) mass is 670 g/mol. The number of benzene rings is 3.